The fourth-order valence-corrected chi connectivity index (χ4v) is 1.35. The molecule has 0 aliphatic rings. The fraction of sp³-hybridized carbons (Fsp3) is 0.692. The molecule has 0 spiro atoms. The van der Waals surface area contributed by atoms with Gasteiger partial charge in [0, 0.05) is 12.6 Å². The molecule has 6 heteroatoms. The molecule has 1 heterocycles. The molecule has 0 saturated carbocycles. The van der Waals surface area contributed by atoms with Gasteiger partial charge < -0.3 is 20.5 Å². The van der Waals surface area contributed by atoms with Crippen LogP contribution in [-0.4, -0.2) is 35.3 Å². The highest BCUT2D eigenvalue weighted by atomic mass is 16.5. The van der Waals surface area contributed by atoms with Crippen LogP contribution in [0, 0.1) is 0 Å². The number of rotatable bonds is 7. The highest BCUT2D eigenvalue weighted by Gasteiger charge is 2.09. The van der Waals surface area contributed by atoms with Crippen LogP contribution in [0.25, 0.3) is 0 Å². The minimum atomic E-state index is -0.165. The lowest BCUT2D eigenvalue weighted by Crippen LogP contribution is -2.22. The van der Waals surface area contributed by atoms with E-state index in [4.69, 9.17) is 15.2 Å². The molecule has 0 atom stereocenters. The molecule has 6 nitrogen and oxygen atoms in total. The quantitative estimate of drug-likeness (QED) is 0.737. The average molecular weight is 268 g/mol. The first-order chi connectivity index (χ1) is 8.90. The van der Waals surface area contributed by atoms with E-state index < -0.39 is 0 Å². The van der Waals surface area contributed by atoms with Crippen LogP contribution in [0.2, 0.25) is 0 Å². The molecule has 108 valence electrons. The molecule has 3 N–H and O–H groups in total. The summed E-state index contributed by atoms with van der Waals surface area (Å²) < 4.78 is 11.1. The Balaban J connectivity index is 2.46. The van der Waals surface area contributed by atoms with Gasteiger partial charge in [-0.05, 0) is 27.2 Å². The third-order valence-corrected chi connectivity index (χ3v) is 2.14. The van der Waals surface area contributed by atoms with Gasteiger partial charge in [-0.1, -0.05) is 6.92 Å². The van der Waals surface area contributed by atoms with E-state index >= 15 is 0 Å². The predicted octanol–water partition coefficient (Wildman–Crippen LogP) is 2.07. The number of nitrogens with two attached hydrogens (primary N) is 1. The van der Waals surface area contributed by atoms with E-state index in [2.05, 4.69) is 22.2 Å². The summed E-state index contributed by atoms with van der Waals surface area (Å²) in [6, 6.07) is 1.74. The van der Waals surface area contributed by atoms with Crippen molar-refractivity contribution in [2.45, 2.75) is 39.7 Å². The summed E-state index contributed by atoms with van der Waals surface area (Å²) in [7, 11) is 0. The fourth-order valence-electron chi connectivity index (χ4n) is 1.35. The maximum atomic E-state index is 5.63. The van der Waals surface area contributed by atoms with Gasteiger partial charge in [0.05, 0.1) is 12.2 Å². The van der Waals surface area contributed by atoms with Crippen molar-refractivity contribution in [2.24, 2.45) is 0 Å². The van der Waals surface area contributed by atoms with Crippen molar-refractivity contribution in [1.29, 1.82) is 0 Å². The van der Waals surface area contributed by atoms with Crippen LogP contribution in [0.5, 0.6) is 5.88 Å². The van der Waals surface area contributed by atoms with Crippen LogP contribution >= 0.6 is 0 Å². The highest BCUT2D eigenvalue weighted by molar-refractivity contribution is 5.42. The molecular formula is C13H24N4O2. The minimum Gasteiger partial charge on any atom is -0.475 e. The number of nitrogens with zero attached hydrogens (tertiary/aromatic N) is 2. The zero-order valence-electron chi connectivity index (χ0n) is 12.2. The van der Waals surface area contributed by atoms with Gasteiger partial charge in [-0.2, -0.15) is 9.97 Å². The van der Waals surface area contributed by atoms with Gasteiger partial charge in [0.1, 0.15) is 12.4 Å². The van der Waals surface area contributed by atoms with E-state index in [1.54, 1.807) is 6.07 Å². The van der Waals surface area contributed by atoms with Crippen LogP contribution in [0.1, 0.15) is 34.1 Å². The van der Waals surface area contributed by atoms with E-state index in [1.807, 2.05) is 20.8 Å². The lowest BCUT2D eigenvalue weighted by Gasteiger charge is -2.19. The molecule has 0 saturated heterocycles. The topological polar surface area (TPSA) is 82.3 Å². The largest absolute Gasteiger partial charge is 0.475 e. The van der Waals surface area contributed by atoms with Gasteiger partial charge in [-0.15, -0.1) is 0 Å². The van der Waals surface area contributed by atoms with Gasteiger partial charge in [-0.25, -0.2) is 0 Å². The van der Waals surface area contributed by atoms with Gasteiger partial charge in [0.2, 0.25) is 11.8 Å². The maximum Gasteiger partial charge on any atom is 0.225 e. The Labute approximate surface area is 114 Å². The molecule has 0 amide bonds. The van der Waals surface area contributed by atoms with Crippen molar-refractivity contribution in [3.05, 3.63) is 6.07 Å². The first kappa shape index (κ1) is 15.5. The smallest absolute Gasteiger partial charge is 0.225 e. The highest BCUT2D eigenvalue weighted by Crippen LogP contribution is 2.15. The lowest BCUT2D eigenvalue weighted by atomic mass is 10.2. The zero-order valence-corrected chi connectivity index (χ0v) is 12.2. The van der Waals surface area contributed by atoms with Crippen LogP contribution in [0.4, 0.5) is 11.8 Å². The monoisotopic (exact) mass is 268 g/mol. The second-order valence-corrected chi connectivity index (χ2v) is 5.19. The summed E-state index contributed by atoms with van der Waals surface area (Å²) in [6.07, 6.45) is 1.01. The summed E-state index contributed by atoms with van der Waals surface area (Å²) >= 11 is 0. The molecule has 0 aliphatic heterocycles. The molecule has 1 aromatic heterocycles. The Hall–Kier alpha value is -1.56. The first-order valence-electron chi connectivity index (χ1n) is 6.56. The van der Waals surface area contributed by atoms with Crippen molar-refractivity contribution in [1.82, 2.24) is 9.97 Å². The minimum absolute atomic E-state index is 0.165. The van der Waals surface area contributed by atoms with Crippen molar-refractivity contribution in [3.63, 3.8) is 0 Å². The molecule has 0 aromatic carbocycles. The van der Waals surface area contributed by atoms with Gasteiger partial charge in [0.25, 0.3) is 0 Å². The molecule has 0 aliphatic carbocycles. The SMILES string of the molecule is CCCNc1cc(OCCOC(C)(C)C)nc(N)n1. The zero-order chi connectivity index (χ0) is 14.3. The van der Waals surface area contributed by atoms with Crippen molar-refractivity contribution >= 4 is 11.8 Å². The average Bonchev–Trinajstić information content (AvgIpc) is 2.30. The van der Waals surface area contributed by atoms with E-state index in [1.165, 1.54) is 0 Å². The van der Waals surface area contributed by atoms with E-state index in [0.717, 1.165) is 13.0 Å². The number of ether oxygens (including phenoxy) is 2. The maximum absolute atomic E-state index is 5.63. The molecule has 0 fully saturated rings. The molecule has 1 rings (SSSR count). The van der Waals surface area contributed by atoms with Crippen molar-refractivity contribution < 1.29 is 9.47 Å². The number of aromatic nitrogens is 2. The molecule has 19 heavy (non-hydrogen) atoms. The number of hydrogen-bond donors (Lipinski definition) is 2. The molecule has 0 radical (unpaired) electrons. The third kappa shape index (κ3) is 6.81. The summed E-state index contributed by atoms with van der Waals surface area (Å²) in [5, 5.41) is 3.15. The van der Waals surface area contributed by atoms with Gasteiger partial charge in [-0.3, -0.25) is 0 Å². The van der Waals surface area contributed by atoms with Gasteiger partial charge in [0.15, 0.2) is 0 Å². The molecule has 0 unspecified atom stereocenters. The number of anilines is 2. The van der Waals surface area contributed by atoms with E-state index in [-0.39, 0.29) is 11.5 Å². The van der Waals surface area contributed by atoms with E-state index in [0.29, 0.717) is 24.9 Å². The third-order valence-electron chi connectivity index (χ3n) is 2.14. The standard InChI is InChI=1S/C13H24N4O2/c1-5-6-15-10-9-11(17-12(14)16-10)18-7-8-19-13(2,3)4/h9H,5-8H2,1-4H3,(H3,14,15,16,17). The normalized spacial score (nSPS) is 11.4. The molecule has 1 aromatic rings. The predicted molar refractivity (Wildman–Crippen MR) is 76.4 cm³/mol. The van der Waals surface area contributed by atoms with Gasteiger partial charge >= 0.3 is 0 Å². The number of nitrogens with one attached hydrogen (secondary N) is 1. The van der Waals surface area contributed by atoms with Crippen LogP contribution in [0.3, 0.4) is 0 Å². The Morgan fingerprint density at radius 2 is 2.00 bits per heavy atom. The summed E-state index contributed by atoms with van der Waals surface area (Å²) in [5.74, 6) is 1.34. The van der Waals surface area contributed by atoms with Crippen LogP contribution in [-0.2, 0) is 4.74 Å². The summed E-state index contributed by atoms with van der Waals surface area (Å²) in [5.41, 5.74) is 5.47. The number of nitrogen functional groups attached to an aromatic ring is 1. The first-order valence-corrected chi connectivity index (χ1v) is 6.56. The molecule has 0 bridgehead atoms. The van der Waals surface area contributed by atoms with Crippen molar-refractivity contribution in [3.8, 4) is 5.88 Å². The molecular weight excluding hydrogens is 244 g/mol. The Morgan fingerprint density at radius 1 is 1.26 bits per heavy atom. The van der Waals surface area contributed by atoms with E-state index in [9.17, 15) is 0 Å². The Kier molecular flexibility index (Phi) is 5.82. The Morgan fingerprint density at radius 3 is 2.63 bits per heavy atom. The van der Waals surface area contributed by atoms with Crippen LogP contribution < -0.4 is 15.8 Å². The Bertz CT molecular complexity index is 391. The van der Waals surface area contributed by atoms with Crippen molar-refractivity contribution in [2.75, 3.05) is 30.8 Å². The summed E-state index contributed by atoms with van der Waals surface area (Å²) in [4.78, 5) is 8.11. The van der Waals surface area contributed by atoms with Crippen LogP contribution in [0.15, 0.2) is 6.07 Å². The lowest BCUT2D eigenvalue weighted by molar-refractivity contribution is -0.0168. The summed E-state index contributed by atoms with van der Waals surface area (Å²) in [6.45, 7) is 9.86. The second kappa shape index (κ2) is 7.13. The second-order valence-electron chi connectivity index (χ2n) is 5.19. The number of hydrogen-bond acceptors (Lipinski definition) is 6.